The highest BCUT2D eigenvalue weighted by Gasteiger charge is 2.64. The topological polar surface area (TPSA) is 32.6 Å². The van der Waals surface area contributed by atoms with Gasteiger partial charge in [-0.3, -0.25) is 0 Å². The molecule has 2 nitrogen and oxygen atoms in total. The molecular formula is C9H13NO. The molecule has 1 N–H and O–H groups in total. The van der Waals surface area contributed by atoms with Crippen molar-refractivity contribution in [3.8, 4) is 0 Å². The lowest BCUT2D eigenvalue weighted by atomic mass is 9.94. The summed E-state index contributed by atoms with van der Waals surface area (Å²) in [4.78, 5) is 0. The number of oxime groups is 1. The SMILES string of the molecule is ON=C1CC2CCC1C21CC1. The summed E-state index contributed by atoms with van der Waals surface area (Å²) >= 11 is 0. The molecule has 0 saturated heterocycles. The Kier molecular flexibility index (Phi) is 0.890. The third-order valence-corrected chi connectivity index (χ3v) is 4.12. The Morgan fingerprint density at radius 3 is 2.64 bits per heavy atom. The number of hydrogen-bond acceptors (Lipinski definition) is 2. The molecule has 2 atom stereocenters. The average Bonchev–Trinajstić information content (AvgIpc) is 2.69. The van der Waals surface area contributed by atoms with Crippen LogP contribution in [0.15, 0.2) is 5.16 Å². The summed E-state index contributed by atoms with van der Waals surface area (Å²) in [5, 5.41) is 12.2. The lowest BCUT2D eigenvalue weighted by Gasteiger charge is -2.10. The monoisotopic (exact) mass is 151 g/mol. The molecule has 3 rings (SSSR count). The van der Waals surface area contributed by atoms with Crippen molar-refractivity contribution in [1.29, 1.82) is 0 Å². The molecule has 0 aromatic carbocycles. The molecule has 2 bridgehead atoms. The second-order valence-electron chi connectivity index (χ2n) is 4.36. The van der Waals surface area contributed by atoms with E-state index in [1.165, 1.54) is 25.7 Å². The van der Waals surface area contributed by atoms with Crippen molar-refractivity contribution in [2.45, 2.75) is 32.1 Å². The van der Waals surface area contributed by atoms with E-state index < -0.39 is 0 Å². The first kappa shape index (κ1) is 6.04. The molecular weight excluding hydrogens is 138 g/mol. The maximum absolute atomic E-state index is 8.74. The van der Waals surface area contributed by atoms with Gasteiger partial charge in [-0.15, -0.1) is 0 Å². The van der Waals surface area contributed by atoms with Crippen molar-refractivity contribution < 1.29 is 5.21 Å². The summed E-state index contributed by atoms with van der Waals surface area (Å²) in [7, 11) is 0. The molecule has 0 aromatic heterocycles. The van der Waals surface area contributed by atoms with Crippen molar-refractivity contribution >= 4 is 5.71 Å². The molecule has 0 amide bonds. The fraction of sp³-hybridized carbons (Fsp3) is 0.889. The van der Waals surface area contributed by atoms with Crippen LogP contribution in [0.2, 0.25) is 0 Å². The molecule has 2 heteroatoms. The molecule has 0 heterocycles. The standard InChI is InChI=1S/C9H13NO/c11-10-8-5-6-1-2-7(8)9(6)3-4-9/h6-7,11H,1-5H2. The highest BCUT2D eigenvalue weighted by Crippen LogP contribution is 2.69. The van der Waals surface area contributed by atoms with Crippen LogP contribution in [0.5, 0.6) is 0 Å². The van der Waals surface area contributed by atoms with E-state index in [0.29, 0.717) is 11.3 Å². The Bertz CT molecular complexity index is 230. The second-order valence-corrected chi connectivity index (χ2v) is 4.36. The molecule has 3 aliphatic carbocycles. The second kappa shape index (κ2) is 1.62. The lowest BCUT2D eigenvalue weighted by molar-refractivity contribution is 0.312. The largest absolute Gasteiger partial charge is 0.411 e. The Morgan fingerprint density at radius 1 is 1.36 bits per heavy atom. The van der Waals surface area contributed by atoms with E-state index in [-0.39, 0.29) is 0 Å². The van der Waals surface area contributed by atoms with Gasteiger partial charge in [-0.1, -0.05) is 5.16 Å². The highest BCUT2D eigenvalue weighted by atomic mass is 16.4. The molecule has 3 fully saturated rings. The minimum absolute atomic E-state index is 0.654. The smallest absolute Gasteiger partial charge is 0.0610 e. The molecule has 60 valence electrons. The zero-order valence-corrected chi connectivity index (χ0v) is 6.58. The van der Waals surface area contributed by atoms with E-state index in [9.17, 15) is 0 Å². The van der Waals surface area contributed by atoms with Gasteiger partial charge in [0, 0.05) is 5.92 Å². The summed E-state index contributed by atoms with van der Waals surface area (Å²) in [5.41, 5.74) is 1.76. The first-order valence-electron chi connectivity index (χ1n) is 4.58. The minimum Gasteiger partial charge on any atom is -0.411 e. The summed E-state index contributed by atoms with van der Waals surface area (Å²) in [6, 6.07) is 0. The number of hydrogen-bond donors (Lipinski definition) is 1. The van der Waals surface area contributed by atoms with Crippen molar-refractivity contribution in [2.75, 3.05) is 0 Å². The average molecular weight is 151 g/mol. The van der Waals surface area contributed by atoms with Gasteiger partial charge in [0.05, 0.1) is 5.71 Å². The third-order valence-electron chi connectivity index (χ3n) is 4.12. The molecule has 11 heavy (non-hydrogen) atoms. The zero-order valence-electron chi connectivity index (χ0n) is 6.58. The van der Waals surface area contributed by atoms with Gasteiger partial charge < -0.3 is 5.21 Å². The normalized spacial score (nSPS) is 47.5. The molecule has 3 aliphatic rings. The molecule has 1 spiro atoms. The maximum atomic E-state index is 8.74. The Labute approximate surface area is 66.3 Å². The zero-order chi connectivity index (χ0) is 7.47. The van der Waals surface area contributed by atoms with Gasteiger partial charge >= 0.3 is 0 Å². The Hall–Kier alpha value is -0.530. The van der Waals surface area contributed by atoms with Crippen LogP contribution < -0.4 is 0 Å². The van der Waals surface area contributed by atoms with Crippen molar-refractivity contribution in [2.24, 2.45) is 22.4 Å². The van der Waals surface area contributed by atoms with Crippen LogP contribution in [0.1, 0.15) is 32.1 Å². The van der Waals surface area contributed by atoms with Gasteiger partial charge in [0.2, 0.25) is 0 Å². The van der Waals surface area contributed by atoms with Gasteiger partial charge in [0.25, 0.3) is 0 Å². The summed E-state index contributed by atoms with van der Waals surface area (Å²) in [6.07, 6.45) is 6.59. The van der Waals surface area contributed by atoms with Crippen molar-refractivity contribution in [1.82, 2.24) is 0 Å². The first-order valence-corrected chi connectivity index (χ1v) is 4.58. The molecule has 3 saturated carbocycles. The summed E-state index contributed by atoms with van der Waals surface area (Å²) in [5.74, 6) is 1.57. The van der Waals surface area contributed by atoms with E-state index >= 15 is 0 Å². The van der Waals surface area contributed by atoms with Crippen LogP contribution in [-0.2, 0) is 0 Å². The molecule has 0 radical (unpaired) electrons. The van der Waals surface area contributed by atoms with Crippen LogP contribution in [0.4, 0.5) is 0 Å². The van der Waals surface area contributed by atoms with Gasteiger partial charge in [-0.05, 0) is 43.4 Å². The van der Waals surface area contributed by atoms with Crippen molar-refractivity contribution in [3.05, 3.63) is 0 Å². The fourth-order valence-corrected chi connectivity index (χ4v) is 3.44. The van der Waals surface area contributed by atoms with E-state index in [0.717, 1.165) is 18.1 Å². The van der Waals surface area contributed by atoms with Gasteiger partial charge in [0.15, 0.2) is 0 Å². The van der Waals surface area contributed by atoms with E-state index in [1.54, 1.807) is 0 Å². The first-order chi connectivity index (χ1) is 5.37. The number of rotatable bonds is 0. The predicted molar refractivity (Wildman–Crippen MR) is 41.7 cm³/mol. The molecule has 0 aliphatic heterocycles. The van der Waals surface area contributed by atoms with E-state index in [2.05, 4.69) is 5.16 Å². The lowest BCUT2D eigenvalue weighted by Crippen LogP contribution is -2.12. The van der Waals surface area contributed by atoms with Crippen LogP contribution in [0.25, 0.3) is 0 Å². The summed E-state index contributed by atoms with van der Waals surface area (Å²) in [6.45, 7) is 0. The quantitative estimate of drug-likeness (QED) is 0.417. The Balaban J connectivity index is 2.02. The van der Waals surface area contributed by atoms with Crippen molar-refractivity contribution in [3.63, 3.8) is 0 Å². The predicted octanol–water partition coefficient (Wildman–Crippen LogP) is 2.03. The van der Waals surface area contributed by atoms with Gasteiger partial charge in [-0.2, -0.15) is 0 Å². The van der Waals surface area contributed by atoms with Crippen LogP contribution in [0, 0.1) is 17.3 Å². The maximum Gasteiger partial charge on any atom is 0.0610 e. The molecule has 2 unspecified atom stereocenters. The van der Waals surface area contributed by atoms with E-state index in [4.69, 9.17) is 5.21 Å². The fourth-order valence-electron chi connectivity index (χ4n) is 3.44. The van der Waals surface area contributed by atoms with Crippen LogP contribution in [0.3, 0.4) is 0 Å². The van der Waals surface area contributed by atoms with Crippen LogP contribution >= 0.6 is 0 Å². The van der Waals surface area contributed by atoms with Crippen LogP contribution in [-0.4, -0.2) is 10.9 Å². The summed E-state index contributed by atoms with van der Waals surface area (Å²) < 4.78 is 0. The third kappa shape index (κ3) is 0.534. The minimum atomic E-state index is 0.654. The van der Waals surface area contributed by atoms with Gasteiger partial charge in [0.1, 0.15) is 0 Å². The Morgan fingerprint density at radius 2 is 2.18 bits per heavy atom. The highest BCUT2D eigenvalue weighted by molar-refractivity contribution is 5.91. The number of nitrogens with zero attached hydrogens (tertiary/aromatic N) is 1. The molecule has 0 aromatic rings. The van der Waals surface area contributed by atoms with Gasteiger partial charge in [-0.25, -0.2) is 0 Å². The van der Waals surface area contributed by atoms with E-state index in [1.807, 2.05) is 0 Å².